The maximum Gasteiger partial charge on any atom is 0.0687 e. The summed E-state index contributed by atoms with van der Waals surface area (Å²) in [6, 6.07) is 0.0448. The van der Waals surface area contributed by atoms with Crippen LogP contribution in [0.2, 0.25) is 0 Å². The molecule has 11 heavy (non-hydrogen) atoms. The quantitative estimate of drug-likeness (QED) is 0.583. The summed E-state index contributed by atoms with van der Waals surface area (Å²) in [6.45, 7) is 6.43. The van der Waals surface area contributed by atoms with E-state index in [0.717, 1.165) is 0 Å². The van der Waals surface area contributed by atoms with E-state index in [9.17, 15) is 5.11 Å². The summed E-state index contributed by atoms with van der Waals surface area (Å²) in [6.07, 6.45) is 4.84. The SMILES string of the molecule is C#CC(C)NCC(O)C(C)C. The van der Waals surface area contributed by atoms with Crippen molar-refractivity contribution in [2.75, 3.05) is 6.54 Å². The van der Waals surface area contributed by atoms with Gasteiger partial charge in [-0.25, -0.2) is 0 Å². The lowest BCUT2D eigenvalue weighted by atomic mass is 10.1. The van der Waals surface area contributed by atoms with E-state index in [2.05, 4.69) is 11.2 Å². The first-order valence-corrected chi connectivity index (χ1v) is 3.95. The molecule has 0 aliphatic carbocycles. The molecule has 0 saturated carbocycles. The largest absolute Gasteiger partial charge is 0.392 e. The second-order valence-corrected chi connectivity index (χ2v) is 3.11. The third-order valence-corrected chi connectivity index (χ3v) is 1.65. The van der Waals surface area contributed by atoms with Gasteiger partial charge in [0.1, 0.15) is 0 Å². The van der Waals surface area contributed by atoms with Crippen molar-refractivity contribution < 1.29 is 5.11 Å². The molecule has 2 N–H and O–H groups in total. The standard InChI is InChI=1S/C9H17NO/c1-5-8(4)10-6-9(11)7(2)3/h1,7-11H,6H2,2-4H3. The molecule has 0 radical (unpaired) electrons. The highest BCUT2D eigenvalue weighted by molar-refractivity contribution is 4.95. The fraction of sp³-hybridized carbons (Fsp3) is 0.778. The molecular weight excluding hydrogens is 138 g/mol. The molecule has 0 heterocycles. The second-order valence-electron chi connectivity index (χ2n) is 3.11. The van der Waals surface area contributed by atoms with E-state index in [1.807, 2.05) is 20.8 Å². The molecule has 2 nitrogen and oxygen atoms in total. The molecule has 0 aromatic carbocycles. The molecule has 0 aromatic rings. The smallest absolute Gasteiger partial charge is 0.0687 e. The molecule has 2 heteroatoms. The van der Waals surface area contributed by atoms with E-state index in [-0.39, 0.29) is 18.1 Å². The van der Waals surface area contributed by atoms with Crippen molar-refractivity contribution >= 4 is 0 Å². The van der Waals surface area contributed by atoms with Crippen LogP contribution in [0.25, 0.3) is 0 Å². The van der Waals surface area contributed by atoms with Crippen LogP contribution in [-0.4, -0.2) is 23.8 Å². The second kappa shape index (κ2) is 5.17. The zero-order valence-corrected chi connectivity index (χ0v) is 7.46. The summed E-state index contributed by atoms with van der Waals surface area (Å²) in [5, 5.41) is 12.4. The van der Waals surface area contributed by atoms with E-state index >= 15 is 0 Å². The molecule has 64 valence electrons. The number of nitrogens with one attached hydrogen (secondary N) is 1. The number of aliphatic hydroxyl groups is 1. The van der Waals surface area contributed by atoms with Crippen LogP contribution in [0.3, 0.4) is 0 Å². The number of hydrogen-bond donors (Lipinski definition) is 2. The van der Waals surface area contributed by atoms with Gasteiger partial charge >= 0.3 is 0 Å². The minimum atomic E-state index is -0.300. The Bertz CT molecular complexity index is 137. The molecule has 0 fully saturated rings. The van der Waals surface area contributed by atoms with Gasteiger partial charge < -0.3 is 10.4 Å². The van der Waals surface area contributed by atoms with E-state index in [1.54, 1.807) is 0 Å². The molecule has 2 atom stereocenters. The highest BCUT2D eigenvalue weighted by Gasteiger charge is 2.08. The molecule has 0 spiro atoms. The summed E-state index contributed by atoms with van der Waals surface area (Å²) in [5.74, 6) is 2.82. The highest BCUT2D eigenvalue weighted by Crippen LogP contribution is 1.98. The lowest BCUT2D eigenvalue weighted by Crippen LogP contribution is -2.35. The van der Waals surface area contributed by atoms with Crippen LogP contribution in [0.15, 0.2) is 0 Å². The number of aliphatic hydroxyl groups excluding tert-OH is 1. The third kappa shape index (κ3) is 4.83. The molecule has 0 aliphatic heterocycles. The number of terminal acetylenes is 1. The summed E-state index contributed by atoms with van der Waals surface area (Å²) in [5.41, 5.74) is 0. The number of rotatable bonds is 4. The van der Waals surface area contributed by atoms with Gasteiger partial charge in [0.05, 0.1) is 12.1 Å². The van der Waals surface area contributed by atoms with Crippen LogP contribution in [0, 0.1) is 18.3 Å². The van der Waals surface area contributed by atoms with Crippen molar-refractivity contribution in [2.24, 2.45) is 5.92 Å². The zero-order valence-electron chi connectivity index (χ0n) is 7.46. The van der Waals surface area contributed by atoms with Gasteiger partial charge in [0, 0.05) is 6.54 Å². The van der Waals surface area contributed by atoms with Gasteiger partial charge in [0.15, 0.2) is 0 Å². The minimum Gasteiger partial charge on any atom is -0.392 e. The van der Waals surface area contributed by atoms with E-state index in [0.29, 0.717) is 6.54 Å². The Morgan fingerprint density at radius 1 is 1.45 bits per heavy atom. The van der Waals surface area contributed by atoms with Crippen molar-refractivity contribution in [3.05, 3.63) is 0 Å². The van der Waals surface area contributed by atoms with Crippen LogP contribution in [0.5, 0.6) is 0 Å². The van der Waals surface area contributed by atoms with Crippen molar-refractivity contribution in [1.29, 1.82) is 0 Å². The minimum absolute atomic E-state index is 0.0448. The van der Waals surface area contributed by atoms with Gasteiger partial charge in [-0.2, -0.15) is 0 Å². The fourth-order valence-electron chi connectivity index (χ4n) is 0.592. The average Bonchev–Trinajstić information content (AvgIpc) is 1.99. The monoisotopic (exact) mass is 155 g/mol. The average molecular weight is 155 g/mol. The van der Waals surface area contributed by atoms with Crippen LogP contribution in [0.4, 0.5) is 0 Å². The topological polar surface area (TPSA) is 32.3 Å². The van der Waals surface area contributed by atoms with Gasteiger partial charge in [-0.1, -0.05) is 19.8 Å². The summed E-state index contributed by atoms with van der Waals surface area (Å²) in [4.78, 5) is 0. The predicted octanol–water partition coefficient (Wildman–Crippen LogP) is 0.615. The lowest BCUT2D eigenvalue weighted by Gasteiger charge is -2.16. The van der Waals surface area contributed by atoms with Crippen LogP contribution in [-0.2, 0) is 0 Å². The third-order valence-electron chi connectivity index (χ3n) is 1.65. The van der Waals surface area contributed by atoms with Crippen molar-refractivity contribution in [3.8, 4) is 12.3 Å². The summed E-state index contributed by atoms with van der Waals surface area (Å²) in [7, 11) is 0. The van der Waals surface area contributed by atoms with E-state index in [4.69, 9.17) is 6.42 Å². The molecule has 2 unspecified atom stereocenters. The van der Waals surface area contributed by atoms with Crippen molar-refractivity contribution in [3.63, 3.8) is 0 Å². The van der Waals surface area contributed by atoms with Crippen LogP contribution >= 0.6 is 0 Å². The summed E-state index contributed by atoms with van der Waals surface area (Å²) >= 11 is 0. The van der Waals surface area contributed by atoms with Crippen LogP contribution < -0.4 is 5.32 Å². The first-order valence-electron chi connectivity index (χ1n) is 3.95. The van der Waals surface area contributed by atoms with Gasteiger partial charge in [-0.15, -0.1) is 6.42 Å². The lowest BCUT2D eigenvalue weighted by molar-refractivity contribution is 0.122. The first kappa shape index (κ1) is 10.5. The van der Waals surface area contributed by atoms with Gasteiger partial charge in [-0.05, 0) is 12.8 Å². The van der Waals surface area contributed by atoms with Gasteiger partial charge in [-0.3, -0.25) is 0 Å². The van der Waals surface area contributed by atoms with Crippen molar-refractivity contribution in [2.45, 2.75) is 32.9 Å². The molecule has 0 aromatic heterocycles. The van der Waals surface area contributed by atoms with E-state index in [1.165, 1.54) is 0 Å². The molecule has 0 amide bonds. The fourth-order valence-corrected chi connectivity index (χ4v) is 0.592. The molecule has 0 bridgehead atoms. The van der Waals surface area contributed by atoms with Crippen LogP contribution in [0.1, 0.15) is 20.8 Å². The number of hydrogen-bond acceptors (Lipinski definition) is 2. The Hall–Kier alpha value is -0.520. The Kier molecular flexibility index (Phi) is 4.93. The first-order chi connectivity index (χ1) is 5.07. The van der Waals surface area contributed by atoms with Gasteiger partial charge in [0.25, 0.3) is 0 Å². The highest BCUT2D eigenvalue weighted by atomic mass is 16.3. The molecule has 0 saturated heterocycles. The van der Waals surface area contributed by atoms with Crippen molar-refractivity contribution in [1.82, 2.24) is 5.32 Å². The Balaban J connectivity index is 3.47. The summed E-state index contributed by atoms with van der Waals surface area (Å²) < 4.78 is 0. The normalized spacial score (nSPS) is 16.0. The van der Waals surface area contributed by atoms with Gasteiger partial charge in [0.2, 0.25) is 0 Å². The molecular formula is C9H17NO. The Labute approximate surface area is 69.0 Å². The predicted molar refractivity (Wildman–Crippen MR) is 47.1 cm³/mol. The Morgan fingerprint density at radius 2 is 2.00 bits per heavy atom. The Morgan fingerprint density at radius 3 is 2.36 bits per heavy atom. The van der Waals surface area contributed by atoms with E-state index < -0.39 is 0 Å². The molecule has 0 aliphatic rings. The molecule has 0 rings (SSSR count). The zero-order chi connectivity index (χ0) is 8.85. The maximum absolute atomic E-state index is 9.34. The maximum atomic E-state index is 9.34.